The number of aromatic nitrogens is 1. The summed E-state index contributed by atoms with van der Waals surface area (Å²) in [7, 11) is 3.93. The molecule has 0 radical (unpaired) electrons. The van der Waals surface area contributed by atoms with Crippen LogP contribution in [-0.2, 0) is 4.74 Å². The Bertz CT molecular complexity index is 664. The van der Waals surface area contributed by atoms with E-state index in [1.807, 2.05) is 18.3 Å². The van der Waals surface area contributed by atoms with Crippen LogP contribution in [0.4, 0.5) is 5.69 Å². The molecule has 4 nitrogen and oxygen atoms in total. The van der Waals surface area contributed by atoms with E-state index in [1.165, 1.54) is 18.7 Å². The largest absolute Gasteiger partial charge is 0.383 e. The van der Waals surface area contributed by atoms with Gasteiger partial charge >= 0.3 is 0 Å². The Balaban J connectivity index is 1.68. The number of ether oxygens (including phenoxy) is 1. The number of pyridine rings is 1. The quantitative estimate of drug-likeness (QED) is 0.811. The number of likely N-dealkylation sites (tertiary alicyclic amines) is 1. The highest BCUT2D eigenvalue weighted by molar-refractivity contribution is 6.31. The van der Waals surface area contributed by atoms with E-state index >= 15 is 0 Å². The Kier molecular flexibility index (Phi) is 5.36. The molecule has 1 atom stereocenters. The molecule has 1 saturated heterocycles. The molecule has 1 aromatic heterocycles. The normalized spacial score (nSPS) is 18.7. The number of hydrogen-bond donors (Lipinski definition) is 0. The molecule has 0 N–H and O–H groups in total. The summed E-state index contributed by atoms with van der Waals surface area (Å²) in [6.07, 6.45) is 3.12. The van der Waals surface area contributed by atoms with Gasteiger partial charge in [0.25, 0.3) is 0 Å². The van der Waals surface area contributed by atoms with Gasteiger partial charge < -0.3 is 14.5 Å². The fourth-order valence-electron chi connectivity index (χ4n) is 3.41. The van der Waals surface area contributed by atoms with Crippen molar-refractivity contribution in [3.05, 3.63) is 35.5 Å². The number of halogens is 1. The maximum atomic E-state index is 6.08. The Morgan fingerprint density at radius 3 is 3.09 bits per heavy atom. The fraction of sp³-hybridized carbons (Fsp3) is 0.500. The third kappa shape index (κ3) is 3.94. The smallest absolute Gasteiger partial charge is 0.0737 e. The van der Waals surface area contributed by atoms with E-state index in [4.69, 9.17) is 16.3 Å². The van der Waals surface area contributed by atoms with E-state index in [1.54, 1.807) is 7.11 Å². The second-order valence-electron chi connectivity index (χ2n) is 6.32. The van der Waals surface area contributed by atoms with Gasteiger partial charge in [0.15, 0.2) is 0 Å². The van der Waals surface area contributed by atoms with Crippen molar-refractivity contribution in [2.75, 3.05) is 51.8 Å². The highest BCUT2D eigenvalue weighted by atomic mass is 35.5. The number of fused-ring (bicyclic) bond motifs is 1. The summed E-state index contributed by atoms with van der Waals surface area (Å²) in [5.41, 5.74) is 2.18. The van der Waals surface area contributed by atoms with Crippen molar-refractivity contribution >= 4 is 28.2 Å². The van der Waals surface area contributed by atoms with Gasteiger partial charge in [0.05, 0.1) is 12.1 Å². The molecular formula is C18H24ClN3O. The molecule has 23 heavy (non-hydrogen) atoms. The molecule has 124 valence electrons. The molecule has 1 fully saturated rings. The molecule has 2 aromatic rings. The third-order valence-corrected chi connectivity index (χ3v) is 4.84. The Hall–Kier alpha value is -1.36. The van der Waals surface area contributed by atoms with Gasteiger partial charge in [-0.1, -0.05) is 11.6 Å². The van der Waals surface area contributed by atoms with Crippen LogP contribution in [0.5, 0.6) is 0 Å². The Morgan fingerprint density at radius 1 is 1.39 bits per heavy atom. The van der Waals surface area contributed by atoms with Crippen LogP contribution in [0.25, 0.3) is 10.9 Å². The topological polar surface area (TPSA) is 28.6 Å². The fourth-order valence-corrected chi connectivity index (χ4v) is 3.58. The summed E-state index contributed by atoms with van der Waals surface area (Å²) in [6.45, 7) is 5.24. The zero-order valence-electron chi connectivity index (χ0n) is 13.8. The van der Waals surface area contributed by atoms with E-state index in [2.05, 4.69) is 34.0 Å². The molecule has 0 saturated carbocycles. The van der Waals surface area contributed by atoms with Gasteiger partial charge in [-0.15, -0.1) is 0 Å². The predicted molar refractivity (Wildman–Crippen MR) is 96.4 cm³/mol. The van der Waals surface area contributed by atoms with Crippen LogP contribution in [0.3, 0.4) is 0 Å². The summed E-state index contributed by atoms with van der Waals surface area (Å²) < 4.78 is 5.18. The second kappa shape index (κ2) is 7.47. The second-order valence-corrected chi connectivity index (χ2v) is 6.76. The number of nitrogens with zero attached hydrogens (tertiary/aromatic N) is 3. The van der Waals surface area contributed by atoms with Crippen LogP contribution in [-0.4, -0.2) is 56.8 Å². The molecule has 0 bridgehead atoms. The number of rotatable bonds is 6. The molecule has 5 heteroatoms. The van der Waals surface area contributed by atoms with E-state index in [0.717, 1.165) is 42.2 Å². The average molecular weight is 334 g/mol. The molecule has 1 aliphatic rings. The number of benzene rings is 1. The SMILES string of the molecule is COCCN1CC[C@H](CN(C)c2ccnc3cc(Cl)ccc23)C1. The van der Waals surface area contributed by atoms with Gasteiger partial charge in [-0.3, -0.25) is 4.98 Å². The zero-order valence-corrected chi connectivity index (χ0v) is 14.6. The molecule has 3 rings (SSSR count). The van der Waals surface area contributed by atoms with Crippen molar-refractivity contribution < 1.29 is 4.74 Å². The van der Waals surface area contributed by atoms with E-state index in [0.29, 0.717) is 5.92 Å². The molecule has 0 aliphatic carbocycles. The van der Waals surface area contributed by atoms with Gasteiger partial charge in [0.2, 0.25) is 0 Å². The first kappa shape index (κ1) is 16.5. The highest BCUT2D eigenvalue weighted by Crippen LogP contribution is 2.28. The average Bonchev–Trinajstić information content (AvgIpc) is 2.99. The summed E-state index contributed by atoms with van der Waals surface area (Å²) in [6, 6.07) is 8.02. The minimum absolute atomic E-state index is 0.701. The lowest BCUT2D eigenvalue weighted by Crippen LogP contribution is -2.29. The number of hydrogen-bond acceptors (Lipinski definition) is 4. The minimum atomic E-state index is 0.701. The molecular weight excluding hydrogens is 310 g/mol. The summed E-state index contributed by atoms with van der Waals surface area (Å²) >= 11 is 6.08. The summed E-state index contributed by atoms with van der Waals surface area (Å²) in [4.78, 5) is 9.27. The molecule has 0 unspecified atom stereocenters. The van der Waals surface area contributed by atoms with E-state index < -0.39 is 0 Å². The zero-order chi connectivity index (χ0) is 16.2. The first-order valence-electron chi connectivity index (χ1n) is 8.14. The predicted octanol–water partition coefficient (Wildman–Crippen LogP) is 3.29. The molecule has 1 aromatic carbocycles. The Morgan fingerprint density at radius 2 is 2.26 bits per heavy atom. The van der Waals surface area contributed by atoms with Crippen LogP contribution in [0, 0.1) is 5.92 Å². The van der Waals surface area contributed by atoms with Crippen molar-refractivity contribution in [1.29, 1.82) is 0 Å². The monoisotopic (exact) mass is 333 g/mol. The highest BCUT2D eigenvalue weighted by Gasteiger charge is 2.23. The molecule has 2 heterocycles. The van der Waals surface area contributed by atoms with Crippen molar-refractivity contribution in [2.45, 2.75) is 6.42 Å². The van der Waals surface area contributed by atoms with E-state index in [-0.39, 0.29) is 0 Å². The van der Waals surface area contributed by atoms with Crippen LogP contribution >= 0.6 is 11.6 Å². The van der Waals surface area contributed by atoms with Crippen molar-refractivity contribution in [3.63, 3.8) is 0 Å². The lowest BCUT2D eigenvalue weighted by atomic mass is 10.1. The molecule has 0 spiro atoms. The number of methoxy groups -OCH3 is 1. The maximum Gasteiger partial charge on any atom is 0.0737 e. The van der Waals surface area contributed by atoms with Gasteiger partial charge in [0, 0.05) is 56.1 Å². The standard InChI is InChI=1S/C18H24ClN3O/c1-21(12-14-6-8-22(13-14)9-10-23-2)18-5-7-20-17-11-15(19)3-4-16(17)18/h3-5,7,11,14H,6,8-10,12-13H2,1-2H3/t14-/m1/s1. The van der Waals surface area contributed by atoms with Crippen molar-refractivity contribution in [2.24, 2.45) is 5.92 Å². The van der Waals surface area contributed by atoms with Gasteiger partial charge in [0.1, 0.15) is 0 Å². The maximum absolute atomic E-state index is 6.08. The number of anilines is 1. The van der Waals surface area contributed by atoms with Crippen LogP contribution in [0.1, 0.15) is 6.42 Å². The van der Waals surface area contributed by atoms with Crippen LogP contribution in [0.15, 0.2) is 30.5 Å². The minimum Gasteiger partial charge on any atom is -0.383 e. The third-order valence-electron chi connectivity index (χ3n) is 4.61. The van der Waals surface area contributed by atoms with E-state index in [9.17, 15) is 0 Å². The summed E-state index contributed by atoms with van der Waals surface area (Å²) in [5.74, 6) is 0.701. The van der Waals surface area contributed by atoms with Crippen LogP contribution < -0.4 is 4.90 Å². The Labute approximate surface area is 143 Å². The van der Waals surface area contributed by atoms with Crippen molar-refractivity contribution in [3.8, 4) is 0 Å². The first-order valence-corrected chi connectivity index (χ1v) is 8.52. The van der Waals surface area contributed by atoms with Crippen molar-refractivity contribution in [1.82, 2.24) is 9.88 Å². The lowest BCUT2D eigenvalue weighted by Gasteiger charge is -2.24. The van der Waals surface area contributed by atoms with Crippen LogP contribution in [0.2, 0.25) is 5.02 Å². The van der Waals surface area contributed by atoms with Gasteiger partial charge in [-0.2, -0.15) is 0 Å². The summed E-state index contributed by atoms with van der Waals surface area (Å²) in [5, 5.41) is 1.89. The molecule has 1 aliphatic heterocycles. The molecule has 0 amide bonds. The van der Waals surface area contributed by atoms with Gasteiger partial charge in [-0.05, 0) is 43.1 Å². The van der Waals surface area contributed by atoms with Gasteiger partial charge in [-0.25, -0.2) is 0 Å². The lowest BCUT2D eigenvalue weighted by molar-refractivity contribution is 0.159. The first-order chi connectivity index (χ1) is 11.2.